The molecule has 15 heavy (non-hydrogen) atoms. The highest BCUT2D eigenvalue weighted by Gasteiger charge is 2.44. The van der Waals surface area contributed by atoms with E-state index < -0.39 is 0 Å². The first-order valence-electron chi connectivity index (χ1n) is 6.75. The number of hydrogen-bond acceptors (Lipinski definition) is 2. The number of likely N-dealkylation sites (tertiary alicyclic amines) is 1. The lowest BCUT2D eigenvalue weighted by Crippen LogP contribution is -2.33. The van der Waals surface area contributed by atoms with Gasteiger partial charge in [-0.2, -0.15) is 0 Å². The minimum absolute atomic E-state index is 0.717. The molecule has 86 valence electrons. The molecular weight excluding hydrogens is 184 g/mol. The van der Waals surface area contributed by atoms with E-state index in [1.165, 1.54) is 58.0 Å². The molecule has 2 aliphatic carbocycles. The molecule has 3 fully saturated rings. The Morgan fingerprint density at radius 3 is 2.40 bits per heavy atom. The summed E-state index contributed by atoms with van der Waals surface area (Å²) in [5.41, 5.74) is 6.48. The van der Waals surface area contributed by atoms with E-state index >= 15 is 0 Å². The van der Waals surface area contributed by atoms with Crippen molar-refractivity contribution in [3.63, 3.8) is 0 Å². The van der Waals surface area contributed by atoms with Crippen molar-refractivity contribution in [1.29, 1.82) is 0 Å². The van der Waals surface area contributed by atoms with Crippen LogP contribution in [-0.4, -0.2) is 30.6 Å². The molecule has 1 heterocycles. The van der Waals surface area contributed by atoms with Gasteiger partial charge in [-0.25, -0.2) is 0 Å². The molecule has 0 aromatic carbocycles. The molecule has 3 aliphatic rings. The molecule has 0 atom stereocenters. The van der Waals surface area contributed by atoms with Gasteiger partial charge >= 0.3 is 0 Å². The predicted molar refractivity (Wildman–Crippen MR) is 62.7 cm³/mol. The summed E-state index contributed by atoms with van der Waals surface area (Å²) in [5, 5.41) is 0. The second kappa shape index (κ2) is 3.74. The lowest BCUT2D eigenvalue weighted by Gasteiger charge is -2.37. The Hall–Kier alpha value is -0.0800. The molecular formula is C13H24N2. The molecule has 2 nitrogen and oxygen atoms in total. The van der Waals surface area contributed by atoms with E-state index in [2.05, 4.69) is 4.90 Å². The Balaban J connectivity index is 1.57. The minimum atomic E-state index is 0.717. The summed E-state index contributed by atoms with van der Waals surface area (Å²) >= 11 is 0. The van der Waals surface area contributed by atoms with Gasteiger partial charge in [0.1, 0.15) is 0 Å². The summed E-state index contributed by atoms with van der Waals surface area (Å²) in [4.78, 5) is 2.77. The van der Waals surface area contributed by atoms with E-state index in [0.29, 0.717) is 5.41 Å². The summed E-state index contributed by atoms with van der Waals surface area (Å²) in [7, 11) is 0. The number of rotatable bonds is 2. The maximum absolute atomic E-state index is 5.77. The quantitative estimate of drug-likeness (QED) is 0.752. The third-order valence-corrected chi connectivity index (χ3v) is 5.03. The minimum Gasteiger partial charge on any atom is -0.330 e. The van der Waals surface area contributed by atoms with E-state index in [0.717, 1.165) is 18.5 Å². The number of nitrogens with two attached hydrogens (primary N) is 1. The summed E-state index contributed by atoms with van der Waals surface area (Å²) < 4.78 is 0. The van der Waals surface area contributed by atoms with Gasteiger partial charge in [0.05, 0.1) is 0 Å². The van der Waals surface area contributed by atoms with Gasteiger partial charge in [-0.1, -0.05) is 0 Å². The Kier molecular flexibility index (Phi) is 2.52. The van der Waals surface area contributed by atoms with Crippen molar-refractivity contribution in [2.75, 3.05) is 19.6 Å². The van der Waals surface area contributed by atoms with Crippen LogP contribution in [0.2, 0.25) is 0 Å². The van der Waals surface area contributed by atoms with Gasteiger partial charge in [0.15, 0.2) is 0 Å². The summed E-state index contributed by atoms with van der Waals surface area (Å²) in [5.74, 6) is 0.839. The van der Waals surface area contributed by atoms with Crippen molar-refractivity contribution >= 4 is 0 Å². The molecule has 1 aliphatic heterocycles. The van der Waals surface area contributed by atoms with E-state index in [9.17, 15) is 0 Å². The predicted octanol–water partition coefficient (Wildman–Crippen LogP) is 1.99. The highest BCUT2D eigenvalue weighted by atomic mass is 15.2. The zero-order valence-corrected chi connectivity index (χ0v) is 9.75. The third-order valence-electron chi connectivity index (χ3n) is 5.03. The lowest BCUT2D eigenvalue weighted by molar-refractivity contribution is 0.151. The van der Waals surface area contributed by atoms with Crippen LogP contribution in [0, 0.1) is 11.3 Å². The van der Waals surface area contributed by atoms with E-state index in [1.54, 1.807) is 0 Å². The summed E-state index contributed by atoms with van der Waals surface area (Å²) in [6, 6.07) is 0.983. The molecule has 0 bridgehead atoms. The summed E-state index contributed by atoms with van der Waals surface area (Å²) in [6.45, 7) is 3.72. The van der Waals surface area contributed by atoms with Crippen molar-refractivity contribution in [3.05, 3.63) is 0 Å². The molecule has 2 heteroatoms. The topological polar surface area (TPSA) is 29.3 Å². The van der Waals surface area contributed by atoms with Crippen LogP contribution in [0.15, 0.2) is 0 Å². The average molecular weight is 208 g/mol. The van der Waals surface area contributed by atoms with Crippen LogP contribution in [0.3, 0.4) is 0 Å². The SMILES string of the molecule is NCC1CCC2(CC1)CCN(C1CC1)C2. The Morgan fingerprint density at radius 1 is 1.07 bits per heavy atom. The highest BCUT2D eigenvalue weighted by Crippen LogP contribution is 2.47. The van der Waals surface area contributed by atoms with Crippen molar-refractivity contribution in [2.24, 2.45) is 17.1 Å². The maximum atomic E-state index is 5.77. The fourth-order valence-electron chi connectivity index (χ4n) is 3.65. The highest BCUT2D eigenvalue weighted by molar-refractivity contribution is 4.98. The molecule has 1 saturated heterocycles. The van der Waals surface area contributed by atoms with Crippen LogP contribution in [0.25, 0.3) is 0 Å². The van der Waals surface area contributed by atoms with Gasteiger partial charge in [0, 0.05) is 12.6 Å². The normalized spacial score (nSPS) is 42.6. The number of nitrogens with zero attached hydrogens (tertiary/aromatic N) is 1. The first-order valence-corrected chi connectivity index (χ1v) is 6.75. The molecule has 2 N–H and O–H groups in total. The Morgan fingerprint density at radius 2 is 1.80 bits per heavy atom. The Bertz CT molecular complexity index is 227. The molecule has 0 aromatic rings. The standard InChI is InChI=1S/C13H24N2/c14-9-11-3-5-13(6-4-11)7-8-15(10-13)12-1-2-12/h11-12H,1-10,14H2. The van der Waals surface area contributed by atoms with Crippen LogP contribution in [0.4, 0.5) is 0 Å². The Labute approximate surface area is 93.2 Å². The second-order valence-corrected chi connectivity index (χ2v) is 6.13. The van der Waals surface area contributed by atoms with Crippen LogP contribution in [-0.2, 0) is 0 Å². The third kappa shape index (κ3) is 1.94. The average Bonchev–Trinajstić information content (AvgIpc) is 3.04. The van der Waals surface area contributed by atoms with Gasteiger partial charge in [-0.05, 0) is 69.4 Å². The molecule has 2 saturated carbocycles. The van der Waals surface area contributed by atoms with E-state index in [1.807, 2.05) is 0 Å². The molecule has 3 rings (SSSR count). The summed E-state index contributed by atoms with van der Waals surface area (Å²) in [6.07, 6.45) is 10.1. The molecule has 0 unspecified atom stereocenters. The van der Waals surface area contributed by atoms with Crippen molar-refractivity contribution in [2.45, 2.75) is 51.0 Å². The molecule has 1 spiro atoms. The van der Waals surface area contributed by atoms with Crippen molar-refractivity contribution in [1.82, 2.24) is 4.90 Å². The first kappa shape index (κ1) is 10.1. The van der Waals surface area contributed by atoms with Gasteiger partial charge in [0.25, 0.3) is 0 Å². The largest absolute Gasteiger partial charge is 0.330 e. The van der Waals surface area contributed by atoms with Gasteiger partial charge in [-0.15, -0.1) is 0 Å². The molecule has 0 amide bonds. The van der Waals surface area contributed by atoms with E-state index in [-0.39, 0.29) is 0 Å². The zero-order valence-electron chi connectivity index (χ0n) is 9.75. The van der Waals surface area contributed by atoms with Crippen LogP contribution in [0.1, 0.15) is 44.9 Å². The fourth-order valence-corrected chi connectivity index (χ4v) is 3.65. The van der Waals surface area contributed by atoms with Crippen LogP contribution < -0.4 is 5.73 Å². The maximum Gasteiger partial charge on any atom is 0.00966 e. The second-order valence-electron chi connectivity index (χ2n) is 6.13. The zero-order chi connectivity index (χ0) is 10.3. The molecule has 0 aromatic heterocycles. The van der Waals surface area contributed by atoms with Crippen molar-refractivity contribution in [3.8, 4) is 0 Å². The lowest BCUT2D eigenvalue weighted by atomic mass is 9.70. The van der Waals surface area contributed by atoms with Gasteiger partial charge < -0.3 is 5.73 Å². The fraction of sp³-hybridized carbons (Fsp3) is 1.00. The number of hydrogen-bond donors (Lipinski definition) is 1. The van der Waals surface area contributed by atoms with Crippen LogP contribution >= 0.6 is 0 Å². The van der Waals surface area contributed by atoms with Gasteiger partial charge in [-0.3, -0.25) is 4.90 Å². The first-order chi connectivity index (χ1) is 7.31. The smallest absolute Gasteiger partial charge is 0.00966 e. The molecule has 0 radical (unpaired) electrons. The monoisotopic (exact) mass is 208 g/mol. The van der Waals surface area contributed by atoms with E-state index in [4.69, 9.17) is 5.73 Å². The van der Waals surface area contributed by atoms with Crippen LogP contribution in [0.5, 0.6) is 0 Å². The van der Waals surface area contributed by atoms with Gasteiger partial charge in [0.2, 0.25) is 0 Å². The van der Waals surface area contributed by atoms with Crippen molar-refractivity contribution < 1.29 is 0 Å².